The van der Waals surface area contributed by atoms with E-state index in [2.05, 4.69) is 50.9 Å². The number of carbonyl (C=O) groups is 1. The zero-order valence-electron chi connectivity index (χ0n) is 17.6. The van der Waals surface area contributed by atoms with Gasteiger partial charge in [0.2, 0.25) is 5.91 Å². The average Bonchev–Trinajstić information content (AvgIpc) is 3.11. The molecule has 0 radical (unpaired) electrons. The molecular formula is C23H28N6O. The van der Waals surface area contributed by atoms with Crippen molar-refractivity contribution in [2.45, 2.75) is 33.1 Å². The fraction of sp³-hybridized carbons (Fsp3) is 0.391. The Balaban J connectivity index is 1.24. The lowest BCUT2D eigenvalue weighted by atomic mass is 9.90. The maximum atomic E-state index is 12.6. The molecule has 30 heavy (non-hydrogen) atoms. The van der Waals surface area contributed by atoms with Gasteiger partial charge >= 0.3 is 0 Å². The highest BCUT2D eigenvalue weighted by atomic mass is 16.2. The number of piperidine rings is 1. The third kappa shape index (κ3) is 4.84. The quantitative estimate of drug-likeness (QED) is 0.683. The first kappa shape index (κ1) is 20.1. The van der Waals surface area contributed by atoms with E-state index in [4.69, 9.17) is 0 Å². The summed E-state index contributed by atoms with van der Waals surface area (Å²) in [7, 11) is 0. The van der Waals surface area contributed by atoms with Gasteiger partial charge in [0.1, 0.15) is 5.82 Å². The van der Waals surface area contributed by atoms with E-state index in [9.17, 15) is 4.79 Å². The molecule has 3 aromatic rings. The Morgan fingerprint density at radius 2 is 1.83 bits per heavy atom. The van der Waals surface area contributed by atoms with Crippen molar-refractivity contribution in [1.29, 1.82) is 0 Å². The highest BCUT2D eigenvalue weighted by Gasteiger charge is 2.22. The van der Waals surface area contributed by atoms with Crippen LogP contribution in [0.2, 0.25) is 0 Å². The number of nitrogens with one attached hydrogen (secondary N) is 1. The van der Waals surface area contributed by atoms with E-state index >= 15 is 0 Å². The molecule has 0 spiro atoms. The van der Waals surface area contributed by atoms with Gasteiger partial charge < -0.3 is 10.2 Å². The lowest BCUT2D eigenvalue weighted by Gasteiger charge is -2.32. The minimum atomic E-state index is 0.109. The van der Waals surface area contributed by atoms with Crippen LogP contribution in [-0.2, 0) is 11.2 Å². The van der Waals surface area contributed by atoms with E-state index in [0.29, 0.717) is 17.6 Å². The van der Waals surface area contributed by atoms with Crippen molar-refractivity contribution in [3.05, 3.63) is 65.5 Å². The Labute approximate surface area is 177 Å². The third-order valence-electron chi connectivity index (χ3n) is 5.63. The normalized spacial score (nSPS) is 14.7. The smallest absolute Gasteiger partial charge is 0.241 e. The molecule has 7 heteroatoms. The highest BCUT2D eigenvalue weighted by Crippen LogP contribution is 2.21. The van der Waals surface area contributed by atoms with Crippen LogP contribution in [0.15, 0.2) is 48.5 Å². The van der Waals surface area contributed by atoms with Crippen molar-refractivity contribution in [1.82, 2.24) is 24.9 Å². The van der Waals surface area contributed by atoms with Gasteiger partial charge in [0, 0.05) is 18.8 Å². The van der Waals surface area contributed by atoms with Crippen molar-refractivity contribution < 1.29 is 4.79 Å². The molecule has 1 fully saturated rings. The number of nitrogens with zero attached hydrogens (tertiary/aromatic N) is 5. The van der Waals surface area contributed by atoms with Crippen molar-refractivity contribution >= 4 is 11.7 Å². The summed E-state index contributed by atoms with van der Waals surface area (Å²) < 4.78 is 1.76. The van der Waals surface area contributed by atoms with Crippen LogP contribution >= 0.6 is 0 Å². The molecule has 1 N–H and O–H groups in total. The van der Waals surface area contributed by atoms with Gasteiger partial charge in [-0.15, -0.1) is 10.2 Å². The van der Waals surface area contributed by atoms with Gasteiger partial charge in [-0.2, -0.15) is 5.10 Å². The molecule has 1 aromatic carbocycles. The van der Waals surface area contributed by atoms with Gasteiger partial charge in [-0.25, -0.2) is 4.68 Å². The maximum Gasteiger partial charge on any atom is 0.241 e. The van der Waals surface area contributed by atoms with Crippen LogP contribution in [0.25, 0.3) is 5.82 Å². The summed E-state index contributed by atoms with van der Waals surface area (Å²) >= 11 is 0. The van der Waals surface area contributed by atoms with E-state index in [1.165, 1.54) is 5.56 Å². The third-order valence-corrected chi connectivity index (χ3v) is 5.63. The molecule has 3 heterocycles. The molecule has 1 aliphatic rings. The molecule has 1 saturated heterocycles. The Morgan fingerprint density at radius 1 is 1.07 bits per heavy atom. The Kier molecular flexibility index (Phi) is 6.07. The fourth-order valence-electron chi connectivity index (χ4n) is 4.01. The molecule has 7 nitrogen and oxygen atoms in total. The number of aromatic nitrogens is 4. The van der Waals surface area contributed by atoms with Gasteiger partial charge in [0.05, 0.1) is 12.2 Å². The molecule has 4 rings (SSSR count). The fourth-order valence-corrected chi connectivity index (χ4v) is 4.01. The van der Waals surface area contributed by atoms with Crippen LogP contribution in [0.1, 0.15) is 29.8 Å². The molecular weight excluding hydrogens is 376 g/mol. The van der Waals surface area contributed by atoms with Crippen LogP contribution in [0.4, 0.5) is 5.82 Å². The van der Waals surface area contributed by atoms with E-state index < -0.39 is 0 Å². The van der Waals surface area contributed by atoms with Gasteiger partial charge in [-0.05, 0) is 62.8 Å². The zero-order valence-corrected chi connectivity index (χ0v) is 17.6. The molecule has 1 aliphatic heterocycles. The Morgan fingerprint density at radius 3 is 2.47 bits per heavy atom. The summed E-state index contributed by atoms with van der Waals surface area (Å²) in [5.41, 5.74) is 3.33. The number of hydrogen-bond acceptors (Lipinski definition) is 5. The summed E-state index contributed by atoms with van der Waals surface area (Å²) in [6.45, 7) is 5.80. The average molecular weight is 405 g/mol. The number of amides is 1. The van der Waals surface area contributed by atoms with Crippen LogP contribution in [0.5, 0.6) is 0 Å². The van der Waals surface area contributed by atoms with Crippen LogP contribution in [0.3, 0.4) is 0 Å². The van der Waals surface area contributed by atoms with Crippen molar-refractivity contribution in [3.8, 4) is 5.82 Å². The second-order valence-electron chi connectivity index (χ2n) is 7.98. The summed E-state index contributed by atoms with van der Waals surface area (Å²) in [5, 5.41) is 15.9. The summed E-state index contributed by atoms with van der Waals surface area (Å²) in [6.07, 6.45) is 3.20. The van der Waals surface area contributed by atoms with Crippen molar-refractivity contribution in [2.24, 2.45) is 5.92 Å². The molecule has 0 bridgehead atoms. The number of anilines is 1. The molecule has 2 aromatic heterocycles. The lowest BCUT2D eigenvalue weighted by molar-refractivity contribution is -0.130. The first-order valence-electron chi connectivity index (χ1n) is 10.5. The maximum absolute atomic E-state index is 12.6. The first-order chi connectivity index (χ1) is 14.6. The van der Waals surface area contributed by atoms with Gasteiger partial charge in [0.15, 0.2) is 5.82 Å². The van der Waals surface area contributed by atoms with Gasteiger partial charge in [-0.3, -0.25) is 4.79 Å². The van der Waals surface area contributed by atoms with Crippen LogP contribution < -0.4 is 5.32 Å². The number of carbonyl (C=O) groups excluding carboxylic acids is 1. The second-order valence-corrected chi connectivity index (χ2v) is 7.98. The molecule has 0 aliphatic carbocycles. The van der Waals surface area contributed by atoms with Crippen LogP contribution in [0, 0.1) is 19.8 Å². The number of benzene rings is 1. The first-order valence-corrected chi connectivity index (χ1v) is 10.5. The SMILES string of the molecule is Cc1cc(C)n(-c2ccc(NCC(=O)N3CCC(Cc4ccccc4)CC3)nn2)n1. The second kappa shape index (κ2) is 9.07. The topological polar surface area (TPSA) is 75.9 Å². The standard InChI is InChI=1S/C23H28N6O/c1-17-14-18(2)29(27-17)22-9-8-21(25-26-22)24-16-23(30)28-12-10-20(11-13-28)15-19-6-4-3-5-7-19/h3-9,14,20H,10-13,15-16H2,1-2H3,(H,24,25). The summed E-state index contributed by atoms with van der Waals surface area (Å²) in [4.78, 5) is 14.5. The summed E-state index contributed by atoms with van der Waals surface area (Å²) in [6, 6.07) is 16.3. The highest BCUT2D eigenvalue weighted by molar-refractivity contribution is 5.80. The van der Waals surface area contributed by atoms with Crippen LogP contribution in [-0.4, -0.2) is 50.4 Å². The van der Waals surface area contributed by atoms with Crippen molar-refractivity contribution in [3.63, 3.8) is 0 Å². The van der Waals surface area contributed by atoms with Crippen molar-refractivity contribution in [2.75, 3.05) is 25.0 Å². The lowest BCUT2D eigenvalue weighted by Crippen LogP contribution is -2.41. The van der Waals surface area contributed by atoms with E-state index in [1.54, 1.807) is 4.68 Å². The monoisotopic (exact) mass is 404 g/mol. The minimum Gasteiger partial charge on any atom is -0.360 e. The predicted molar refractivity (Wildman–Crippen MR) is 117 cm³/mol. The molecule has 1 amide bonds. The van der Waals surface area contributed by atoms with E-state index in [0.717, 1.165) is 43.7 Å². The molecule has 0 atom stereocenters. The van der Waals surface area contributed by atoms with E-state index in [1.807, 2.05) is 36.9 Å². The molecule has 0 unspecified atom stereocenters. The number of likely N-dealkylation sites (tertiary alicyclic amines) is 1. The number of rotatable bonds is 6. The number of aryl methyl sites for hydroxylation is 2. The predicted octanol–water partition coefficient (Wildman–Crippen LogP) is 3.17. The minimum absolute atomic E-state index is 0.109. The van der Waals surface area contributed by atoms with Gasteiger partial charge in [0.25, 0.3) is 0 Å². The van der Waals surface area contributed by atoms with Gasteiger partial charge in [-0.1, -0.05) is 30.3 Å². The zero-order chi connectivity index (χ0) is 20.9. The number of hydrogen-bond donors (Lipinski definition) is 1. The Bertz CT molecular complexity index is 975. The van der Waals surface area contributed by atoms with E-state index in [-0.39, 0.29) is 12.5 Å². The summed E-state index contributed by atoms with van der Waals surface area (Å²) in [5.74, 6) is 2.01. The largest absolute Gasteiger partial charge is 0.360 e. The molecule has 0 saturated carbocycles. The Hall–Kier alpha value is -3.22. The molecule has 156 valence electrons.